The maximum Gasteiger partial charge on any atom is 0.212 e. The van der Waals surface area contributed by atoms with Gasteiger partial charge in [0.05, 0.1) is 13.7 Å². The van der Waals surface area contributed by atoms with E-state index in [9.17, 15) is 0 Å². The van der Waals surface area contributed by atoms with Gasteiger partial charge in [-0.2, -0.15) is 5.10 Å². The van der Waals surface area contributed by atoms with Gasteiger partial charge in [0.15, 0.2) is 0 Å². The third-order valence-electron chi connectivity index (χ3n) is 2.09. The van der Waals surface area contributed by atoms with Crippen LogP contribution in [-0.2, 0) is 13.1 Å². The second kappa shape index (κ2) is 5.22. The fourth-order valence-electron chi connectivity index (χ4n) is 1.28. The first-order valence-electron chi connectivity index (χ1n) is 4.92. The Kier molecular flexibility index (Phi) is 3.45. The fraction of sp³-hybridized carbons (Fsp3) is 0.300. The molecule has 6 heteroatoms. The number of aromatic amines is 1. The van der Waals surface area contributed by atoms with Gasteiger partial charge >= 0.3 is 0 Å². The van der Waals surface area contributed by atoms with Crippen molar-refractivity contribution in [2.45, 2.75) is 13.1 Å². The lowest BCUT2D eigenvalue weighted by molar-refractivity contribution is 0.397. The number of nitrogens with one attached hydrogen (secondary N) is 2. The van der Waals surface area contributed by atoms with E-state index in [-0.39, 0.29) is 0 Å². The zero-order valence-electron chi connectivity index (χ0n) is 8.97. The molecule has 2 aromatic heterocycles. The number of nitrogens with zero attached hydrogens (tertiary/aromatic N) is 3. The summed E-state index contributed by atoms with van der Waals surface area (Å²) in [4.78, 5) is 8.12. The number of H-pyrrole nitrogens is 1. The summed E-state index contributed by atoms with van der Waals surface area (Å²) in [6, 6.07) is 3.81. The quantitative estimate of drug-likeness (QED) is 0.765. The number of rotatable bonds is 5. The molecule has 0 radical (unpaired) electrons. The average molecular weight is 219 g/mol. The molecule has 0 aromatic carbocycles. The van der Waals surface area contributed by atoms with Crippen molar-refractivity contribution < 1.29 is 4.74 Å². The molecule has 0 amide bonds. The molecule has 0 spiro atoms. The molecule has 0 aliphatic rings. The first-order valence-corrected chi connectivity index (χ1v) is 4.92. The molecule has 0 saturated carbocycles. The van der Waals surface area contributed by atoms with E-state index in [0.717, 1.165) is 17.9 Å². The second-order valence-corrected chi connectivity index (χ2v) is 3.24. The third-order valence-corrected chi connectivity index (χ3v) is 2.09. The Morgan fingerprint density at radius 1 is 1.31 bits per heavy atom. The Hall–Kier alpha value is -1.95. The zero-order valence-corrected chi connectivity index (χ0v) is 8.97. The number of methoxy groups -OCH3 is 1. The van der Waals surface area contributed by atoms with Crippen LogP contribution in [0.25, 0.3) is 0 Å². The van der Waals surface area contributed by atoms with Crippen LogP contribution in [0.3, 0.4) is 0 Å². The van der Waals surface area contributed by atoms with Gasteiger partial charge in [0.25, 0.3) is 0 Å². The molecule has 0 atom stereocenters. The van der Waals surface area contributed by atoms with E-state index in [2.05, 4.69) is 25.5 Å². The molecule has 0 fully saturated rings. The lowest BCUT2D eigenvalue weighted by Gasteiger charge is -2.03. The van der Waals surface area contributed by atoms with Crippen molar-refractivity contribution in [2.75, 3.05) is 7.11 Å². The van der Waals surface area contributed by atoms with E-state index in [1.54, 1.807) is 13.3 Å². The van der Waals surface area contributed by atoms with E-state index in [4.69, 9.17) is 4.74 Å². The summed E-state index contributed by atoms with van der Waals surface area (Å²) in [6.45, 7) is 1.39. The monoisotopic (exact) mass is 219 g/mol. The van der Waals surface area contributed by atoms with Crippen molar-refractivity contribution in [1.82, 2.24) is 25.5 Å². The van der Waals surface area contributed by atoms with E-state index >= 15 is 0 Å². The first kappa shape index (κ1) is 10.6. The van der Waals surface area contributed by atoms with Gasteiger partial charge in [0.1, 0.15) is 12.2 Å². The van der Waals surface area contributed by atoms with E-state index < -0.39 is 0 Å². The molecule has 0 aliphatic carbocycles. The molecule has 2 N–H and O–H groups in total. The van der Waals surface area contributed by atoms with Crippen LogP contribution >= 0.6 is 0 Å². The van der Waals surface area contributed by atoms with Gasteiger partial charge in [0, 0.05) is 18.8 Å². The van der Waals surface area contributed by atoms with Crippen LogP contribution in [0.4, 0.5) is 0 Å². The van der Waals surface area contributed by atoms with Gasteiger partial charge < -0.3 is 10.1 Å². The number of aromatic nitrogens is 4. The van der Waals surface area contributed by atoms with Gasteiger partial charge in [-0.1, -0.05) is 6.07 Å². The predicted octanol–water partition coefficient (Wildman–Crippen LogP) is 0.498. The standard InChI is InChI=1S/C10H13N5O/c1-16-10-3-2-8(5-12-10)4-11-6-9-13-7-14-15-9/h2-3,5,7,11H,4,6H2,1H3,(H,13,14,15). The van der Waals surface area contributed by atoms with Crippen LogP contribution in [-0.4, -0.2) is 27.3 Å². The molecule has 2 aromatic rings. The molecule has 0 aliphatic heterocycles. The predicted molar refractivity (Wildman–Crippen MR) is 57.7 cm³/mol. The Bertz CT molecular complexity index is 411. The summed E-state index contributed by atoms with van der Waals surface area (Å²) in [7, 11) is 1.60. The van der Waals surface area contributed by atoms with Crippen molar-refractivity contribution in [3.05, 3.63) is 36.0 Å². The highest BCUT2D eigenvalue weighted by atomic mass is 16.5. The second-order valence-electron chi connectivity index (χ2n) is 3.24. The minimum Gasteiger partial charge on any atom is -0.481 e. The Balaban J connectivity index is 1.81. The van der Waals surface area contributed by atoms with Crippen LogP contribution in [0.1, 0.15) is 11.4 Å². The molecule has 16 heavy (non-hydrogen) atoms. The van der Waals surface area contributed by atoms with Crippen LogP contribution in [0, 0.1) is 0 Å². The molecule has 2 heterocycles. The summed E-state index contributed by atoms with van der Waals surface area (Å²) in [5.74, 6) is 1.44. The highest BCUT2D eigenvalue weighted by molar-refractivity contribution is 5.17. The first-order chi connectivity index (χ1) is 7.88. The van der Waals surface area contributed by atoms with Crippen LogP contribution in [0.15, 0.2) is 24.7 Å². The molecule has 0 bridgehead atoms. The topological polar surface area (TPSA) is 75.7 Å². The summed E-state index contributed by atoms with van der Waals surface area (Å²) >= 11 is 0. The van der Waals surface area contributed by atoms with Crippen LogP contribution in [0.5, 0.6) is 5.88 Å². The maximum absolute atomic E-state index is 4.98. The number of pyridine rings is 1. The lowest BCUT2D eigenvalue weighted by Crippen LogP contribution is -2.13. The van der Waals surface area contributed by atoms with E-state index in [1.165, 1.54) is 6.33 Å². The van der Waals surface area contributed by atoms with Crippen molar-refractivity contribution in [3.63, 3.8) is 0 Å². The number of hydrogen-bond donors (Lipinski definition) is 2. The van der Waals surface area contributed by atoms with E-state index in [0.29, 0.717) is 12.4 Å². The van der Waals surface area contributed by atoms with Crippen LogP contribution < -0.4 is 10.1 Å². The normalized spacial score (nSPS) is 10.3. The zero-order chi connectivity index (χ0) is 11.2. The van der Waals surface area contributed by atoms with Gasteiger partial charge in [-0.05, 0) is 5.56 Å². The smallest absolute Gasteiger partial charge is 0.212 e. The van der Waals surface area contributed by atoms with Gasteiger partial charge in [0.2, 0.25) is 5.88 Å². The summed E-state index contributed by atoms with van der Waals surface area (Å²) in [5, 5.41) is 9.77. The summed E-state index contributed by atoms with van der Waals surface area (Å²) in [6.07, 6.45) is 3.28. The minimum atomic E-state index is 0.624. The number of hydrogen-bond acceptors (Lipinski definition) is 5. The molecular weight excluding hydrogens is 206 g/mol. The Morgan fingerprint density at radius 3 is 2.88 bits per heavy atom. The molecule has 2 rings (SSSR count). The average Bonchev–Trinajstić information content (AvgIpc) is 2.83. The van der Waals surface area contributed by atoms with Gasteiger partial charge in [-0.25, -0.2) is 9.97 Å². The molecule has 84 valence electrons. The molecule has 0 unspecified atom stereocenters. The maximum atomic E-state index is 4.98. The minimum absolute atomic E-state index is 0.624. The molecule has 0 saturated heterocycles. The highest BCUT2D eigenvalue weighted by Crippen LogP contribution is 2.06. The summed E-state index contributed by atoms with van der Waals surface area (Å²) in [5.41, 5.74) is 1.10. The van der Waals surface area contributed by atoms with Crippen molar-refractivity contribution in [1.29, 1.82) is 0 Å². The Morgan fingerprint density at radius 2 is 2.25 bits per heavy atom. The lowest BCUT2D eigenvalue weighted by atomic mass is 10.3. The third kappa shape index (κ3) is 2.77. The van der Waals surface area contributed by atoms with Crippen molar-refractivity contribution in [3.8, 4) is 5.88 Å². The largest absolute Gasteiger partial charge is 0.481 e. The SMILES string of the molecule is COc1ccc(CNCc2ncn[nH]2)cn1. The van der Waals surface area contributed by atoms with Gasteiger partial charge in [-0.3, -0.25) is 5.10 Å². The van der Waals surface area contributed by atoms with Crippen molar-refractivity contribution >= 4 is 0 Å². The fourth-order valence-corrected chi connectivity index (χ4v) is 1.28. The van der Waals surface area contributed by atoms with Gasteiger partial charge in [-0.15, -0.1) is 0 Å². The summed E-state index contributed by atoms with van der Waals surface area (Å²) < 4.78 is 4.98. The van der Waals surface area contributed by atoms with E-state index in [1.807, 2.05) is 12.1 Å². The number of ether oxygens (including phenoxy) is 1. The van der Waals surface area contributed by atoms with Crippen LogP contribution in [0.2, 0.25) is 0 Å². The highest BCUT2D eigenvalue weighted by Gasteiger charge is 1.97. The molecule has 6 nitrogen and oxygen atoms in total. The molecular formula is C10H13N5O. The van der Waals surface area contributed by atoms with Crippen molar-refractivity contribution in [2.24, 2.45) is 0 Å². The Labute approximate surface area is 93.1 Å².